The molecule has 2 aromatic rings. The second kappa shape index (κ2) is 8.48. The van der Waals surface area contributed by atoms with E-state index in [9.17, 15) is 13.2 Å². The molecule has 3 rings (SSSR count). The molecule has 1 fully saturated rings. The third kappa shape index (κ3) is 5.11. The molecule has 1 unspecified atom stereocenters. The van der Waals surface area contributed by atoms with E-state index in [0.29, 0.717) is 5.75 Å². The van der Waals surface area contributed by atoms with Crippen LogP contribution in [-0.2, 0) is 19.1 Å². The van der Waals surface area contributed by atoms with Gasteiger partial charge in [-0.2, -0.15) is 8.42 Å². The van der Waals surface area contributed by atoms with Gasteiger partial charge in [0.15, 0.2) is 10.8 Å². The highest BCUT2D eigenvalue weighted by atomic mass is 32.2. The summed E-state index contributed by atoms with van der Waals surface area (Å²) in [5.41, 5.74) is -0.132. The summed E-state index contributed by atoms with van der Waals surface area (Å²) in [6.07, 6.45) is 0.155. The molecular weight excluding hydrogens is 412 g/mol. The smallest absolute Gasteiger partial charge is 0.296 e. The molecule has 0 spiro atoms. The van der Waals surface area contributed by atoms with E-state index in [4.69, 9.17) is 21.1 Å². The number of amides is 1. The molecule has 0 radical (unpaired) electrons. The molecule has 1 heterocycles. The van der Waals surface area contributed by atoms with Crippen molar-refractivity contribution >= 4 is 33.4 Å². The minimum absolute atomic E-state index is 0.0207. The Kier molecular flexibility index (Phi) is 6.21. The quantitative estimate of drug-likeness (QED) is 0.505. The number of hydrogen-bond acceptors (Lipinski definition) is 6. The summed E-state index contributed by atoms with van der Waals surface area (Å²) in [5.74, 6) is 0.324. The number of rotatable bonds is 8. The first kappa shape index (κ1) is 21.2. The normalized spacial score (nSPS) is 16.4. The Morgan fingerprint density at radius 1 is 1.14 bits per heavy atom. The van der Waals surface area contributed by atoms with Crippen LogP contribution in [0.2, 0.25) is 0 Å². The topological polar surface area (TPSA) is 84.9 Å². The number of carbonyl (C=O) groups is 1. The van der Waals surface area contributed by atoms with Crippen LogP contribution in [0, 0.1) is 6.92 Å². The van der Waals surface area contributed by atoms with E-state index in [2.05, 4.69) is 5.32 Å². The van der Waals surface area contributed by atoms with Crippen molar-refractivity contribution < 1.29 is 22.1 Å². The first-order valence-corrected chi connectivity index (χ1v) is 10.8. The molecule has 7 nitrogen and oxygen atoms in total. The first-order chi connectivity index (χ1) is 13.7. The van der Waals surface area contributed by atoms with Crippen molar-refractivity contribution in [2.45, 2.75) is 30.9 Å². The lowest BCUT2D eigenvalue weighted by molar-refractivity contribution is -0.121. The maximum absolute atomic E-state index is 12.5. The molecule has 2 aromatic carbocycles. The zero-order valence-corrected chi connectivity index (χ0v) is 17.8. The minimum Gasteiger partial charge on any atom is -0.468 e. The number of aryl methyl sites for hydroxylation is 1. The van der Waals surface area contributed by atoms with E-state index in [-0.39, 0.29) is 35.5 Å². The van der Waals surface area contributed by atoms with Crippen molar-refractivity contribution in [3.8, 4) is 5.75 Å². The summed E-state index contributed by atoms with van der Waals surface area (Å²) in [7, 11) is -3.91. The van der Waals surface area contributed by atoms with Gasteiger partial charge in [-0.3, -0.25) is 8.98 Å². The molecule has 1 saturated heterocycles. The summed E-state index contributed by atoms with van der Waals surface area (Å²) in [5, 5.41) is 2.81. The van der Waals surface area contributed by atoms with Crippen LogP contribution in [-0.4, -0.2) is 43.2 Å². The molecule has 9 heteroatoms. The molecule has 1 amide bonds. The van der Waals surface area contributed by atoms with Crippen LogP contribution < -0.4 is 10.1 Å². The molecular formula is C20H22N2O5S2. The first-order valence-electron chi connectivity index (χ1n) is 9.01. The average Bonchev–Trinajstić information content (AvgIpc) is 3.02. The SMILES string of the molecule is Cc1ccc(S(=O)(=O)OCCC(C)(Oc2ccccc2)N2CC(=O)NC2=S)cc1. The molecule has 1 aliphatic rings. The third-order valence-corrected chi connectivity index (χ3v) is 6.21. The fourth-order valence-electron chi connectivity index (χ4n) is 2.92. The van der Waals surface area contributed by atoms with Crippen molar-refractivity contribution in [2.24, 2.45) is 0 Å². The highest BCUT2D eigenvalue weighted by Crippen LogP contribution is 2.27. The Morgan fingerprint density at radius 2 is 1.79 bits per heavy atom. The van der Waals surface area contributed by atoms with Crippen LogP contribution in [0.15, 0.2) is 59.5 Å². The lowest BCUT2D eigenvalue weighted by Crippen LogP contribution is -2.53. The van der Waals surface area contributed by atoms with Crippen molar-refractivity contribution in [1.29, 1.82) is 0 Å². The maximum Gasteiger partial charge on any atom is 0.296 e. The molecule has 1 atom stereocenters. The van der Waals surface area contributed by atoms with Gasteiger partial charge in [0.2, 0.25) is 5.91 Å². The summed E-state index contributed by atoms with van der Waals surface area (Å²) >= 11 is 5.25. The molecule has 154 valence electrons. The highest BCUT2D eigenvalue weighted by Gasteiger charge is 2.41. The lowest BCUT2D eigenvalue weighted by Gasteiger charge is -2.38. The zero-order valence-electron chi connectivity index (χ0n) is 16.1. The zero-order chi connectivity index (χ0) is 21.1. The summed E-state index contributed by atoms with van der Waals surface area (Å²) in [4.78, 5) is 13.5. The van der Waals surface area contributed by atoms with Gasteiger partial charge in [-0.05, 0) is 50.3 Å². The number of ether oxygens (including phenoxy) is 1. The van der Waals surface area contributed by atoms with E-state index in [0.717, 1.165) is 5.56 Å². The summed E-state index contributed by atoms with van der Waals surface area (Å²) < 4.78 is 36.3. The van der Waals surface area contributed by atoms with Crippen molar-refractivity contribution in [1.82, 2.24) is 10.2 Å². The molecule has 29 heavy (non-hydrogen) atoms. The maximum atomic E-state index is 12.5. The highest BCUT2D eigenvalue weighted by molar-refractivity contribution is 7.86. The van der Waals surface area contributed by atoms with Gasteiger partial charge in [-0.15, -0.1) is 0 Å². The van der Waals surface area contributed by atoms with Crippen molar-refractivity contribution in [2.75, 3.05) is 13.2 Å². The number of benzene rings is 2. The number of hydrogen-bond donors (Lipinski definition) is 1. The second-order valence-corrected chi connectivity index (χ2v) is 8.87. The molecule has 0 aliphatic carbocycles. The van der Waals surface area contributed by atoms with Gasteiger partial charge in [0.05, 0.1) is 11.5 Å². The van der Waals surface area contributed by atoms with Gasteiger partial charge in [0, 0.05) is 6.42 Å². The standard InChI is InChI=1S/C20H22N2O5S2/c1-15-8-10-17(11-9-15)29(24,25)26-13-12-20(2,22-14-18(23)21-19(22)28)27-16-6-4-3-5-7-16/h3-11H,12-14H2,1-2H3,(H,21,23,28). The minimum atomic E-state index is -3.91. The van der Waals surface area contributed by atoms with Crippen LogP contribution in [0.1, 0.15) is 18.9 Å². The molecule has 1 aliphatic heterocycles. The lowest BCUT2D eigenvalue weighted by atomic mass is 10.1. The number of para-hydroxylation sites is 1. The van der Waals surface area contributed by atoms with Crippen molar-refractivity contribution in [3.63, 3.8) is 0 Å². The van der Waals surface area contributed by atoms with Crippen LogP contribution in [0.4, 0.5) is 0 Å². The Bertz CT molecular complexity index is 993. The fraction of sp³-hybridized carbons (Fsp3) is 0.300. The number of carbonyl (C=O) groups excluding carboxylic acids is 1. The number of nitrogens with one attached hydrogen (secondary N) is 1. The Balaban J connectivity index is 1.75. The van der Waals surface area contributed by atoms with E-state index in [1.165, 1.54) is 12.1 Å². The van der Waals surface area contributed by atoms with E-state index in [1.807, 2.05) is 25.1 Å². The Morgan fingerprint density at radius 3 is 2.38 bits per heavy atom. The molecule has 1 N–H and O–H groups in total. The largest absolute Gasteiger partial charge is 0.468 e. The van der Waals surface area contributed by atoms with Gasteiger partial charge in [0.1, 0.15) is 12.3 Å². The fourth-order valence-corrected chi connectivity index (χ4v) is 4.20. The predicted octanol–water partition coefficient (Wildman–Crippen LogP) is 2.60. The van der Waals surface area contributed by atoms with Crippen molar-refractivity contribution in [3.05, 3.63) is 60.2 Å². The summed E-state index contributed by atoms with van der Waals surface area (Å²) in [6, 6.07) is 15.5. The van der Waals surface area contributed by atoms with E-state index >= 15 is 0 Å². The molecule has 0 aromatic heterocycles. The van der Waals surface area contributed by atoms with Gasteiger partial charge in [0.25, 0.3) is 10.1 Å². The Labute approximate surface area is 175 Å². The number of thiocarbonyl (C=S) groups is 1. The van der Waals surface area contributed by atoms with Gasteiger partial charge in [-0.25, -0.2) is 0 Å². The van der Waals surface area contributed by atoms with Crippen LogP contribution in [0.5, 0.6) is 5.75 Å². The average molecular weight is 435 g/mol. The van der Waals surface area contributed by atoms with Gasteiger partial charge in [-0.1, -0.05) is 35.9 Å². The van der Waals surface area contributed by atoms with Crippen LogP contribution in [0.25, 0.3) is 0 Å². The third-order valence-electron chi connectivity index (χ3n) is 4.56. The molecule has 0 saturated carbocycles. The van der Waals surface area contributed by atoms with Crippen LogP contribution >= 0.6 is 12.2 Å². The summed E-state index contributed by atoms with van der Waals surface area (Å²) in [6.45, 7) is 3.49. The van der Waals surface area contributed by atoms with Gasteiger partial charge < -0.3 is 15.0 Å². The van der Waals surface area contributed by atoms with Gasteiger partial charge >= 0.3 is 0 Å². The van der Waals surface area contributed by atoms with E-state index < -0.39 is 15.8 Å². The Hall–Kier alpha value is -2.49. The van der Waals surface area contributed by atoms with E-state index in [1.54, 1.807) is 36.1 Å². The second-order valence-electron chi connectivity index (χ2n) is 6.87. The number of nitrogens with zero attached hydrogens (tertiary/aromatic N) is 1. The van der Waals surface area contributed by atoms with Crippen LogP contribution in [0.3, 0.4) is 0 Å². The monoisotopic (exact) mass is 434 g/mol. The molecule has 0 bridgehead atoms. The predicted molar refractivity (Wildman–Crippen MR) is 112 cm³/mol.